The molecule has 0 atom stereocenters. The number of aryl methyl sites for hydroxylation is 1. The van der Waals surface area contributed by atoms with Crippen molar-refractivity contribution in [2.75, 3.05) is 18.5 Å². The van der Waals surface area contributed by atoms with Gasteiger partial charge in [0.25, 0.3) is 0 Å². The van der Waals surface area contributed by atoms with E-state index in [1.807, 2.05) is 6.92 Å². The number of thiazole rings is 1. The molecule has 15 heavy (non-hydrogen) atoms. The Hall–Kier alpha value is -0.610. The van der Waals surface area contributed by atoms with E-state index in [-0.39, 0.29) is 0 Å². The summed E-state index contributed by atoms with van der Waals surface area (Å²) in [6.45, 7) is 3.67. The molecule has 1 N–H and O–H groups in total. The minimum Gasteiger partial charge on any atom is -0.376 e. The zero-order valence-corrected chi connectivity index (χ0v) is 9.98. The predicted octanol–water partition coefficient (Wildman–Crippen LogP) is 2.82. The molecule has 1 fully saturated rings. The van der Waals surface area contributed by atoms with Crippen molar-refractivity contribution in [1.82, 2.24) is 4.98 Å². The molecular formula is C11H18N2OS. The van der Waals surface area contributed by atoms with Gasteiger partial charge in [0.05, 0.1) is 18.4 Å². The molecule has 0 saturated heterocycles. The maximum Gasteiger partial charge on any atom is 0.182 e. The minimum absolute atomic E-state index is 0.518. The van der Waals surface area contributed by atoms with E-state index in [1.165, 1.54) is 25.7 Å². The van der Waals surface area contributed by atoms with Gasteiger partial charge in [0.2, 0.25) is 0 Å². The van der Waals surface area contributed by atoms with Crippen LogP contribution in [-0.4, -0.2) is 24.2 Å². The molecule has 4 heteroatoms. The van der Waals surface area contributed by atoms with Gasteiger partial charge < -0.3 is 10.1 Å². The summed E-state index contributed by atoms with van der Waals surface area (Å²) in [5, 5.41) is 6.33. The Kier molecular flexibility index (Phi) is 3.97. The topological polar surface area (TPSA) is 34.1 Å². The first kappa shape index (κ1) is 10.9. The van der Waals surface area contributed by atoms with Gasteiger partial charge in [-0.05, 0) is 19.8 Å². The fraction of sp³-hybridized carbons (Fsp3) is 0.727. The highest BCUT2D eigenvalue weighted by Crippen LogP contribution is 2.20. The van der Waals surface area contributed by atoms with Crippen molar-refractivity contribution in [1.29, 1.82) is 0 Å². The average Bonchev–Trinajstić information content (AvgIpc) is 2.84. The van der Waals surface area contributed by atoms with Gasteiger partial charge in [-0.2, -0.15) is 0 Å². The summed E-state index contributed by atoms with van der Waals surface area (Å²) in [4.78, 5) is 4.33. The molecule has 3 nitrogen and oxygen atoms in total. The van der Waals surface area contributed by atoms with Gasteiger partial charge in [-0.15, -0.1) is 11.3 Å². The number of nitrogens with one attached hydrogen (secondary N) is 1. The van der Waals surface area contributed by atoms with Crippen molar-refractivity contribution < 1.29 is 4.74 Å². The predicted molar refractivity (Wildman–Crippen MR) is 63.5 cm³/mol. The van der Waals surface area contributed by atoms with Gasteiger partial charge in [-0.3, -0.25) is 0 Å². The summed E-state index contributed by atoms with van der Waals surface area (Å²) in [6, 6.07) is 0. The largest absolute Gasteiger partial charge is 0.376 e. The second-order valence-electron chi connectivity index (χ2n) is 4.00. The molecular weight excluding hydrogens is 208 g/mol. The minimum atomic E-state index is 0.518. The first-order valence-electron chi connectivity index (χ1n) is 5.62. The van der Waals surface area contributed by atoms with E-state index in [2.05, 4.69) is 15.7 Å². The third-order valence-electron chi connectivity index (χ3n) is 2.65. The van der Waals surface area contributed by atoms with Gasteiger partial charge in [0.1, 0.15) is 0 Å². The van der Waals surface area contributed by atoms with E-state index in [9.17, 15) is 0 Å². The standard InChI is InChI=1S/C11H18N2OS/c1-9-8-15-11(13-9)12-6-7-14-10-4-2-3-5-10/h8,10H,2-7H2,1H3,(H,12,13). The normalized spacial score (nSPS) is 17.1. The van der Waals surface area contributed by atoms with E-state index in [4.69, 9.17) is 4.74 Å². The van der Waals surface area contributed by atoms with Crippen LogP contribution in [0.3, 0.4) is 0 Å². The summed E-state index contributed by atoms with van der Waals surface area (Å²) >= 11 is 1.65. The summed E-state index contributed by atoms with van der Waals surface area (Å²) in [6.07, 6.45) is 5.69. The van der Waals surface area contributed by atoms with Crippen LogP contribution >= 0.6 is 11.3 Å². The van der Waals surface area contributed by atoms with Crippen LogP contribution in [0.25, 0.3) is 0 Å². The Balaban J connectivity index is 1.58. The van der Waals surface area contributed by atoms with Crippen LogP contribution in [0.5, 0.6) is 0 Å². The first-order valence-corrected chi connectivity index (χ1v) is 6.50. The molecule has 1 aliphatic rings. The Morgan fingerprint density at radius 1 is 1.53 bits per heavy atom. The Morgan fingerprint density at radius 3 is 3.00 bits per heavy atom. The summed E-state index contributed by atoms with van der Waals surface area (Å²) in [5.41, 5.74) is 1.08. The van der Waals surface area contributed by atoms with Gasteiger partial charge in [-0.25, -0.2) is 4.98 Å². The second-order valence-corrected chi connectivity index (χ2v) is 4.86. The molecule has 0 unspecified atom stereocenters. The smallest absolute Gasteiger partial charge is 0.182 e. The van der Waals surface area contributed by atoms with Crippen LogP contribution < -0.4 is 5.32 Å². The monoisotopic (exact) mass is 226 g/mol. The maximum atomic E-state index is 5.75. The van der Waals surface area contributed by atoms with Gasteiger partial charge in [-0.1, -0.05) is 12.8 Å². The number of hydrogen-bond acceptors (Lipinski definition) is 4. The van der Waals surface area contributed by atoms with E-state index in [1.54, 1.807) is 11.3 Å². The van der Waals surface area contributed by atoms with E-state index in [0.29, 0.717) is 6.10 Å². The molecule has 0 aliphatic heterocycles. The third-order valence-corrected chi connectivity index (χ3v) is 3.57. The van der Waals surface area contributed by atoms with Gasteiger partial charge in [0.15, 0.2) is 5.13 Å². The van der Waals surface area contributed by atoms with Crippen molar-refractivity contribution >= 4 is 16.5 Å². The zero-order chi connectivity index (χ0) is 10.5. The lowest BCUT2D eigenvalue weighted by molar-refractivity contribution is 0.0659. The van der Waals surface area contributed by atoms with Crippen molar-refractivity contribution in [2.45, 2.75) is 38.7 Å². The van der Waals surface area contributed by atoms with Crippen molar-refractivity contribution in [3.8, 4) is 0 Å². The summed E-state index contributed by atoms with van der Waals surface area (Å²) < 4.78 is 5.75. The number of rotatable bonds is 5. The van der Waals surface area contributed by atoms with Crippen LogP contribution in [0.4, 0.5) is 5.13 Å². The molecule has 0 amide bonds. The van der Waals surface area contributed by atoms with Gasteiger partial charge in [0, 0.05) is 11.9 Å². The van der Waals surface area contributed by atoms with Gasteiger partial charge >= 0.3 is 0 Å². The van der Waals surface area contributed by atoms with Crippen molar-refractivity contribution in [2.24, 2.45) is 0 Å². The highest BCUT2D eigenvalue weighted by Gasteiger charge is 2.14. The summed E-state index contributed by atoms with van der Waals surface area (Å²) in [5.74, 6) is 0. The van der Waals surface area contributed by atoms with Crippen LogP contribution in [0.1, 0.15) is 31.4 Å². The Bertz CT molecular complexity index is 295. The number of anilines is 1. The Labute approximate surface area is 94.9 Å². The molecule has 2 rings (SSSR count). The van der Waals surface area contributed by atoms with E-state index in [0.717, 1.165) is 24.0 Å². The van der Waals surface area contributed by atoms with Crippen LogP contribution in [0, 0.1) is 6.92 Å². The number of nitrogens with zero attached hydrogens (tertiary/aromatic N) is 1. The average molecular weight is 226 g/mol. The lowest BCUT2D eigenvalue weighted by atomic mass is 10.3. The zero-order valence-electron chi connectivity index (χ0n) is 9.16. The van der Waals surface area contributed by atoms with Crippen LogP contribution in [-0.2, 0) is 4.74 Å². The maximum absolute atomic E-state index is 5.75. The molecule has 0 bridgehead atoms. The fourth-order valence-electron chi connectivity index (χ4n) is 1.87. The molecule has 1 heterocycles. The quantitative estimate of drug-likeness (QED) is 0.784. The molecule has 1 aromatic rings. The van der Waals surface area contributed by atoms with E-state index < -0.39 is 0 Å². The van der Waals surface area contributed by atoms with Crippen LogP contribution in [0.2, 0.25) is 0 Å². The highest BCUT2D eigenvalue weighted by atomic mass is 32.1. The molecule has 0 spiro atoms. The molecule has 0 aromatic carbocycles. The number of aromatic nitrogens is 1. The van der Waals surface area contributed by atoms with Crippen LogP contribution in [0.15, 0.2) is 5.38 Å². The Morgan fingerprint density at radius 2 is 2.33 bits per heavy atom. The lowest BCUT2D eigenvalue weighted by Gasteiger charge is -2.10. The molecule has 1 saturated carbocycles. The lowest BCUT2D eigenvalue weighted by Crippen LogP contribution is -2.15. The molecule has 1 aliphatic carbocycles. The first-order chi connectivity index (χ1) is 7.34. The number of hydrogen-bond donors (Lipinski definition) is 1. The molecule has 84 valence electrons. The van der Waals surface area contributed by atoms with Crippen molar-refractivity contribution in [3.05, 3.63) is 11.1 Å². The van der Waals surface area contributed by atoms with E-state index >= 15 is 0 Å². The van der Waals surface area contributed by atoms with Crippen molar-refractivity contribution in [3.63, 3.8) is 0 Å². The SMILES string of the molecule is Cc1csc(NCCOC2CCCC2)n1. The fourth-order valence-corrected chi connectivity index (χ4v) is 2.59. The second kappa shape index (κ2) is 5.47. The molecule has 1 aromatic heterocycles. The molecule has 0 radical (unpaired) electrons. The third kappa shape index (κ3) is 3.47. The summed E-state index contributed by atoms with van der Waals surface area (Å²) in [7, 11) is 0. The number of ether oxygens (including phenoxy) is 1. The highest BCUT2D eigenvalue weighted by molar-refractivity contribution is 7.13.